The molecule has 9 rings (SSSR count). The largest absolute Gasteiger partial charge is 0.505 e. The van der Waals surface area contributed by atoms with Crippen molar-refractivity contribution in [3.63, 3.8) is 0 Å². The van der Waals surface area contributed by atoms with Gasteiger partial charge in [0.15, 0.2) is 11.5 Å². The number of methoxy groups -OCH3 is 2. The summed E-state index contributed by atoms with van der Waals surface area (Å²) >= 11 is 0. The van der Waals surface area contributed by atoms with Gasteiger partial charge in [-0.05, 0) is 120 Å². The van der Waals surface area contributed by atoms with E-state index in [0.29, 0.717) is 68.6 Å². The molecule has 0 atom stereocenters. The summed E-state index contributed by atoms with van der Waals surface area (Å²) in [5.41, 5.74) is 4.50. The number of rotatable bonds is 16. The molecule has 0 unspecified atom stereocenters. The number of azo groups is 2. The maximum atomic E-state index is 14.3. The van der Waals surface area contributed by atoms with Crippen molar-refractivity contribution in [2.75, 3.05) is 35.5 Å². The molecule has 16 heteroatoms. The maximum Gasteiger partial charge on any atom is 0.259 e. The van der Waals surface area contributed by atoms with Crippen LogP contribution >= 0.6 is 0 Å². The van der Waals surface area contributed by atoms with Crippen LogP contribution in [0.2, 0.25) is 0 Å². The van der Waals surface area contributed by atoms with E-state index in [1.54, 1.807) is 146 Å². The zero-order valence-electron chi connectivity index (χ0n) is 41.7. The summed E-state index contributed by atoms with van der Waals surface area (Å²) in [7, 11) is 2.92. The Kier molecular flexibility index (Phi) is 15.1. The van der Waals surface area contributed by atoms with Gasteiger partial charge >= 0.3 is 0 Å². The van der Waals surface area contributed by atoms with Gasteiger partial charge in [-0.1, -0.05) is 98.8 Å². The molecule has 0 heterocycles. The number of nitrogens with one attached hydrogen (secondary N) is 4. The summed E-state index contributed by atoms with van der Waals surface area (Å²) < 4.78 is 10.9. The average molecular weight is 1010 g/mol. The van der Waals surface area contributed by atoms with Crippen LogP contribution < -0.4 is 30.7 Å². The lowest BCUT2D eigenvalue weighted by molar-refractivity contribution is 0.101. The second-order valence-corrected chi connectivity index (χ2v) is 17.2. The third kappa shape index (κ3) is 10.8. The van der Waals surface area contributed by atoms with E-state index in [9.17, 15) is 29.4 Å². The zero-order chi connectivity index (χ0) is 53.3. The number of phenolic OH excluding ortho intramolecular Hbond substituents is 2. The number of phenols is 2. The molecule has 16 nitrogen and oxygen atoms in total. The predicted molar refractivity (Wildman–Crippen MR) is 295 cm³/mol. The third-order valence-corrected chi connectivity index (χ3v) is 12.6. The quantitative estimate of drug-likeness (QED) is 0.0509. The van der Waals surface area contributed by atoms with Crippen molar-refractivity contribution in [2.45, 2.75) is 26.7 Å². The Hall–Kier alpha value is -10.2. The Labute approximate surface area is 436 Å². The van der Waals surface area contributed by atoms with Crippen molar-refractivity contribution in [1.29, 1.82) is 0 Å². The Balaban J connectivity index is 0.977. The molecule has 0 saturated carbocycles. The monoisotopic (exact) mass is 1010 g/mol. The fraction of sp³-hybridized carbons (Fsp3) is 0.100. The van der Waals surface area contributed by atoms with E-state index in [-0.39, 0.29) is 45.0 Å². The van der Waals surface area contributed by atoms with Crippen LogP contribution in [-0.2, 0) is 12.8 Å². The van der Waals surface area contributed by atoms with Gasteiger partial charge in [0.25, 0.3) is 23.6 Å². The molecule has 0 aromatic heterocycles. The number of para-hydroxylation sites is 2. The minimum Gasteiger partial charge on any atom is -0.505 e. The van der Waals surface area contributed by atoms with Crippen molar-refractivity contribution in [3.05, 3.63) is 203 Å². The van der Waals surface area contributed by atoms with E-state index >= 15 is 0 Å². The maximum absolute atomic E-state index is 14.3. The molecule has 0 aliphatic carbocycles. The first-order chi connectivity index (χ1) is 37.0. The number of fused-ring (bicyclic) bond motifs is 2. The number of ether oxygens (including phenoxy) is 2. The second kappa shape index (κ2) is 22.7. The molecule has 0 fully saturated rings. The first-order valence-electron chi connectivity index (χ1n) is 24.2. The highest BCUT2D eigenvalue weighted by molar-refractivity contribution is 6.14. The summed E-state index contributed by atoms with van der Waals surface area (Å²) in [6, 6.07) is 48.2. The Morgan fingerprint density at radius 3 is 1.17 bits per heavy atom. The lowest BCUT2D eigenvalue weighted by Crippen LogP contribution is -2.17. The number of benzene rings is 9. The van der Waals surface area contributed by atoms with Gasteiger partial charge in [-0.2, -0.15) is 10.2 Å². The summed E-state index contributed by atoms with van der Waals surface area (Å²) in [5.74, 6) is -2.28. The number of carbonyl (C=O) groups is 4. The SMILES string of the molecule is CCc1c(NC(=O)c2cc3ccccc3c(N=Nc3ccc(OC)c(C(=O)Nc4ccccc4)c3)c2O)ccc(NC(=O)c2cc3ccccc3c(N=Nc3ccc(OC)c(C(=O)Nc4ccccc4)c3)c2O)c1CC. The smallest absolute Gasteiger partial charge is 0.259 e. The first-order valence-corrected chi connectivity index (χ1v) is 24.2. The highest BCUT2D eigenvalue weighted by Gasteiger charge is 2.24. The van der Waals surface area contributed by atoms with Gasteiger partial charge in [-0.25, -0.2) is 0 Å². The van der Waals surface area contributed by atoms with Crippen molar-refractivity contribution in [3.8, 4) is 23.0 Å². The average Bonchev–Trinajstić information content (AvgIpc) is 3.44. The van der Waals surface area contributed by atoms with E-state index in [0.717, 1.165) is 11.1 Å². The molecule has 6 N–H and O–H groups in total. The molecule has 378 valence electrons. The van der Waals surface area contributed by atoms with E-state index < -0.39 is 35.1 Å². The number of aromatic hydroxyl groups is 2. The van der Waals surface area contributed by atoms with Gasteiger partial charge in [-0.15, -0.1) is 10.2 Å². The highest BCUT2D eigenvalue weighted by atomic mass is 16.5. The van der Waals surface area contributed by atoms with Crippen LogP contribution in [0.25, 0.3) is 21.5 Å². The fourth-order valence-corrected chi connectivity index (χ4v) is 8.82. The second-order valence-electron chi connectivity index (χ2n) is 17.2. The predicted octanol–water partition coefficient (Wildman–Crippen LogP) is 14.4. The lowest BCUT2D eigenvalue weighted by atomic mass is 9.97. The van der Waals surface area contributed by atoms with Crippen LogP contribution in [-0.4, -0.2) is 48.1 Å². The Morgan fingerprint density at radius 1 is 0.421 bits per heavy atom. The summed E-state index contributed by atoms with van der Waals surface area (Å²) in [4.78, 5) is 55.2. The molecular formula is C60H50N8O8. The number of nitrogens with zero attached hydrogens (tertiary/aromatic N) is 4. The molecule has 0 bridgehead atoms. The van der Waals surface area contributed by atoms with Gasteiger partial charge in [0.2, 0.25) is 0 Å². The summed E-state index contributed by atoms with van der Waals surface area (Å²) in [6.07, 6.45) is 0.900. The van der Waals surface area contributed by atoms with Gasteiger partial charge in [-0.3, -0.25) is 19.2 Å². The molecule has 76 heavy (non-hydrogen) atoms. The van der Waals surface area contributed by atoms with Crippen LogP contribution in [0, 0.1) is 0 Å². The summed E-state index contributed by atoms with van der Waals surface area (Å²) in [6.45, 7) is 3.84. The molecule has 4 amide bonds. The third-order valence-electron chi connectivity index (χ3n) is 12.6. The molecule has 0 spiro atoms. The van der Waals surface area contributed by atoms with E-state index in [2.05, 4.69) is 41.7 Å². The van der Waals surface area contributed by atoms with Gasteiger partial charge in [0.05, 0.1) is 47.8 Å². The zero-order valence-corrected chi connectivity index (χ0v) is 41.7. The highest BCUT2D eigenvalue weighted by Crippen LogP contribution is 2.42. The van der Waals surface area contributed by atoms with Crippen LogP contribution in [0.1, 0.15) is 66.4 Å². The van der Waals surface area contributed by atoms with E-state index in [4.69, 9.17) is 9.47 Å². The molecule has 0 aliphatic heterocycles. The van der Waals surface area contributed by atoms with Gasteiger partial charge in [0.1, 0.15) is 22.9 Å². The van der Waals surface area contributed by atoms with Crippen molar-refractivity contribution in [2.24, 2.45) is 20.5 Å². The van der Waals surface area contributed by atoms with Crippen LogP contribution in [0.15, 0.2) is 190 Å². The molecule has 9 aromatic carbocycles. The molecule has 0 saturated heterocycles. The van der Waals surface area contributed by atoms with Crippen LogP contribution in [0.3, 0.4) is 0 Å². The number of hydrogen-bond acceptors (Lipinski definition) is 12. The number of hydrogen-bond donors (Lipinski definition) is 6. The number of carbonyl (C=O) groups excluding carboxylic acids is 4. The van der Waals surface area contributed by atoms with Crippen molar-refractivity contribution < 1.29 is 38.9 Å². The topological polar surface area (TPSA) is 225 Å². The van der Waals surface area contributed by atoms with Crippen molar-refractivity contribution >= 4 is 90.7 Å². The minimum atomic E-state index is -0.623. The van der Waals surface area contributed by atoms with Crippen molar-refractivity contribution in [1.82, 2.24) is 0 Å². The molecule has 0 radical (unpaired) electrons. The molecule has 9 aromatic rings. The Morgan fingerprint density at radius 2 is 0.789 bits per heavy atom. The van der Waals surface area contributed by atoms with Gasteiger partial charge < -0.3 is 41.0 Å². The van der Waals surface area contributed by atoms with Crippen LogP contribution in [0.4, 0.5) is 45.5 Å². The van der Waals surface area contributed by atoms with E-state index in [1.807, 2.05) is 26.0 Å². The summed E-state index contributed by atoms with van der Waals surface area (Å²) in [5, 5.41) is 55.2. The minimum absolute atomic E-state index is 0.0393. The first kappa shape index (κ1) is 50.7. The molecule has 0 aliphatic rings. The number of amides is 4. The van der Waals surface area contributed by atoms with Gasteiger partial charge in [0, 0.05) is 33.5 Å². The Bertz CT molecular complexity index is 3530. The lowest BCUT2D eigenvalue weighted by Gasteiger charge is -2.19. The normalized spacial score (nSPS) is 11.2. The van der Waals surface area contributed by atoms with Crippen LogP contribution in [0.5, 0.6) is 23.0 Å². The van der Waals surface area contributed by atoms with E-state index in [1.165, 1.54) is 26.4 Å². The standard InChI is InChI=1S/C60H50N8O8/c1-5-41-42(6-2)50(64-60(74)48-32-36-18-14-16-24-44(36)54(56(48)70)68-66-40-26-30-52(76-4)46(34-40)58(72)62-38-21-11-8-12-22-38)28-27-49(41)63-59(73)47-31-35-17-13-15-23-43(35)53(55(47)69)67-65-39-25-29-51(75-3)45(33-39)57(71)61-37-19-9-7-10-20-37/h7-34,69-70H,5-6H2,1-4H3,(H,61,71)(H,62,72)(H,63,73)(H,64,74). The molecular weight excluding hydrogens is 961 g/mol. The fourth-order valence-electron chi connectivity index (χ4n) is 8.82. The number of anilines is 4.